The Kier molecular flexibility index (Phi) is 3.76. The van der Waals surface area contributed by atoms with Crippen molar-refractivity contribution in [2.75, 3.05) is 18.0 Å². The summed E-state index contributed by atoms with van der Waals surface area (Å²) in [5.41, 5.74) is 0.784. The van der Waals surface area contributed by atoms with Crippen LogP contribution in [-0.2, 0) is 0 Å². The molecule has 2 rings (SSSR count). The van der Waals surface area contributed by atoms with Gasteiger partial charge in [0.25, 0.3) is 5.69 Å². The smallest absolute Gasteiger partial charge is 0.294 e. The maximum Gasteiger partial charge on any atom is 0.294 e. The summed E-state index contributed by atoms with van der Waals surface area (Å²) in [4.78, 5) is 12.8. The molecular formula is C13H17ClN2O2. The molecule has 0 aromatic heterocycles. The first-order valence-electron chi connectivity index (χ1n) is 6.16. The standard InChI is InChI=1S/C13H17ClN2O2/c1-9-5-10(2)8-15(7-9)12-4-3-11(14)6-13(12)16(17)18/h3-4,6,9-10H,5,7-8H2,1-2H3/t9-,10-/m1/s1. The Morgan fingerprint density at radius 1 is 1.33 bits per heavy atom. The second kappa shape index (κ2) is 5.14. The average molecular weight is 269 g/mol. The molecule has 0 saturated carbocycles. The molecule has 0 amide bonds. The van der Waals surface area contributed by atoms with Crippen LogP contribution in [0.4, 0.5) is 11.4 Å². The molecule has 0 N–H and O–H groups in total. The van der Waals surface area contributed by atoms with Crippen LogP contribution in [0.2, 0.25) is 5.02 Å². The molecule has 0 bridgehead atoms. The van der Waals surface area contributed by atoms with Crippen LogP contribution in [-0.4, -0.2) is 18.0 Å². The second-order valence-corrected chi connectivity index (χ2v) is 5.68. The molecule has 2 atom stereocenters. The van der Waals surface area contributed by atoms with Gasteiger partial charge in [-0.2, -0.15) is 0 Å². The molecule has 98 valence electrons. The largest absolute Gasteiger partial charge is 0.365 e. The van der Waals surface area contributed by atoms with E-state index in [9.17, 15) is 10.1 Å². The van der Waals surface area contributed by atoms with Crippen LogP contribution >= 0.6 is 11.6 Å². The van der Waals surface area contributed by atoms with Gasteiger partial charge in [-0.15, -0.1) is 0 Å². The predicted octanol–water partition coefficient (Wildman–Crippen LogP) is 3.73. The highest BCUT2D eigenvalue weighted by Crippen LogP contribution is 2.34. The number of nitro benzene ring substituents is 1. The fraction of sp³-hybridized carbons (Fsp3) is 0.538. The van der Waals surface area contributed by atoms with Crippen molar-refractivity contribution >= 4 is 23.0 Å². The van der Waals surface area contributed by atoms with E-state index in [0.717, 1.165) is 13.1 Å². The van der Waals surface area contributed by atoms with Crippen molar-refractivity contribution in [2.45, 2.75) is 20.3 Å². The summed E-state index contributed by atoms with van der Waals surface area (Å²) in [6.07, 6.45) is 1.18. The van der Waals surface area contributed by atoms with E-state index in [4.69, 9.17) is 11.6 Å². The summed E-state index contributed by atoms with van der Waals surface area (Å²) in [5.74, 6) is 1.12. The predicted molar refractivity (Wildman–Crippen MR) is 73.3 cm³/mol. The van der Waals surface area contributed by atoms with Gasteiger partial charge in [0.05, 0.1) is 4.92 Å². The van der Waals surface area contributed by atoms with Crippen LogP contribution < -0.4 is 4.90 Å². The Hall–Kier alpha value is -1.29. The minimum Gasteiger partial charge on any atom is -0.365 e. The van der Waals surface area contributed by atoms with Crippen LogP contribution in [0.15, 0.2) is 18.2 Å². The molecule has 0 spiro atoms. The Morgan fingerprint density at radius 3 is 2.50 bits per heavy atom. The third-order valence-corrected chi connectivity index (χ3v) is 3.58. The van der Waals surface area contributed by atoms with Gasteiger partial charge >= 0.3 is 0 Å². The number of nitro groups is 1. The zero-order chi connectivity index (χ0) is 13.3. The SMILES string of the molecule is C[C@@H]1C[C@@H](C)CN(c2ccc(Cl)cc2[N+](=O)[O-])C1. The maximum atomic E-state index is 11.1. The van der Waals surface area contributed by atoms with E-state index in [0.29, 0.717) is 22.5 Å². The minimum atomic E-state index is -0.356. The van der Waals surface area contributed by atoms with Gasteiger partial charge in [0, 0.05) is 24.2 Å². The van der Waals surface area contributed by atoms with Crippen LogP contribution in [0, 0.1) is 22.0 Å². The zero-order valence-corrected chi connectivity index (χ0v) is 11.4. The summed E-state index contributed by atoms with van der Waals surface area (Å²) in [6.45, 7) is 6.11. The van der Waals surface area contributed by atoms with Gasteiger partial charge in [-0.1, -0.05) is 25.4 Å². The van der Waals surface area contributed by atoms with E-state index in [2.05, 4.69) is 18.7 Å². The molecule has 1 aromatic rings. The van der Waals surface area contributed by atoms with Crippen molar-refractivity contribution in [1.82, 2.24) is 0 Å². The third kappa shape index (κ3) is 2.75. The minimum absolute atomic E-state index is 0.101. The highest BCUT2D eigenvalue weighted by atomic mass is 35.5. The molecule has 1 aliphatic heterocycles. The third-order valence-electron chi connectivity index (χ3n) is 3.34. The van der Waals surface area contributed by atoms with Crippen LogP contribution in [0.25, 0.3) is 0 Å². The molecule has 1 aliphatic rings. The summed E-state index contributed by atoms with van der Waals surface area (Å²) >= 11 is 5.83. The number of hydrogen-bond donors (Lipinski definition) is 0. The molecular weight excluding hydrogens is 252 g/mol. The first-order valence-corrected chi connectivity index (χ1v) is 6.54. The number of halogens is 1. The summed E-state index contributed by atoms with van der Waals surface area (Å²) in [5, 5.41) is 11.5. The van der Waals surface area contributed by atoms with Crippen molar-refractivity contribution in [3.05, 3.63) is 33.3 Å². The number of nitrogens with zero attached hydrogens (tertiary/aromatic N) is 2. The maximum absolute atomic E-state index is 11.1. The summed E-state index contributed by atoms with van der Waals surface area (Å²) in [6, 6.07) is 4.90. The van der Waals surface area contributed by atoms with Crippen molar-refractivity contribution in [3.8, 4) is 0 Å². The first kappa shape index (κ1) is 13.1. The number of piperidine rings is 1. The Morgan fingerprint density at radius 2 is 1.94 bits per heavy atom. The highest BCUT2D eigenvalue weighted by molar-refractivity contribution is 6.30. The lowest BCUT2D eigenvalue weighted by Gasteiger charge is -2.36. The van der Waals surface area contributed by atoms with E-state index >= 15 is 0 Å². The second-order valence-electron chi connectivity index (χ2n) is 5.24. The lowest BCUT2D eigenvalue weighted by molar-refractivity contribution is -0.384. The number of anilines is 1. The molecule has 0 radical (unpaired) electrons. The Bertz CT molecular complexity index is 454. The molecule has 1 saturated heterocycles. The van der Waals surface area contributed by atoms with E-state index < -0.39 is 0 Å². The van der Waals surface area contributed by atoms with Crippen molar-refractivity contribution in [1.29, 1.82) is 0 Å². The van der Waals surface area contributed by atoms with E-state index in [1.807, 2.05) is 0 Å². The lowest BCUT2D eigenvalue weighted by atomic mass is 9.91. The summed E-state index contributed by atoms with van der Waals surface area (Å²) in [7, 11) is 0. The normalized spacial score (nSPS) is 24.1. The highest BCUT2D eigenvalue weighted by Gasteiger charge is 2.26. The Labute approximate surface area is 112 Å². The molecule has 0 unspecified atom stereocenters. The zero-order valence-electron chi connectivity index (χ0n) is 10.6. The topological polar surface area (TPSA) is 46.4 Å². The number of hydrogen-bond acceptors (Lipinski definition) is 3. The molecule has 0 aliphatic carbocycles. The fourth-order valence-corrected chi connectivity index (χ4v) is 2.94. The fourth-order valence-electron chi connectivity index (χ4n) is 2.77. The van der Waals surface area contributed by atoms with Crippen LogP contribution in [0.5, 0.6) is 0 Å². The molecule has 4 nitrogen and oxygen atoms in total. The lowest BCUT2D eigenvalue weighted by Crippen LogP contribution is -2.39. The quantitative estimate of drug-likeness (QED) is 0.606. The van der Waals surface area contributed by atoms with Crippen LogP contribution in [0.1, 0.15) is 20.3 Å². The van der Waals surface area contributed by atoms with Gasteiger partial charge < -0.3 is 4.90 Å². The summed E-state index contributed by atoms with van der Waals surface area (Å²) < 4.78 is 0. The molecule has 1 aromatic carbocycles. The van der Waals surface area contributed by atoms with E-state index in [1.165, 1.54) is 12.5 Å². The number of benzene rings is 1. The van der Waals surface area contributed by atoms with Gasteiger partial charge in [0.1, 0.15) is 5.69 Å². The van der Waals surface area contributed by atoms with Crippen molar-refractivity contribution in [3.63, 3.8) is 0 Å². The molecule has 18 heavy (non-hydrogen) atoms. The van der Waals surface area contributed by atoms with Gasteiger partial charge in [0.2, 0.25) is 0 Å². The first-order chi connectivity index (χ1) is 8.47. The van der Waals surface area contributed by atoms with Crippen molar-refractivity contribution in [2.24, 2.45) is 11.8 Å². The average Bonchev–Trinajstić information content (AvgIpc) is 2.27. The number of rotatable bonds is 2. The van der Waals surface area contributed by atoms with Crippen LogP contribution in [0.3, 0.4) is 0 Å². The monoisotopic (exact) mass is 268 g/mol. The van der Waals surface area contributed by atoms with E-state index in [-0.39, 0.29) is 10.6 Å². The van der Waals surface area contributed by atoms with Gasteiger partial charge in [-0.25, -0.2) is 0 Å². The van der Waals surface area contributed by atoms with E-state index in [1.54, 1.807) is 12.1 Å². The van der Waals surface area contributed by atoms with Gasteiger partial charge in [-0.3, -0.25) is 10.1 Å². The molecule has 5 heteroatoms. The molecule has 1 heterocycles. The van der Waals surface area contributed by atoms with Gasteiger partial charge in [-0.05, 0) is 30.4 Å². The van der Waals surface area contributed by atoms with Gasteiger partial charge in [0.15, 0.2) is 0 Å². The Balaban J connectivity index is 2.35. The van der Waals surface area contributed by atoms with Crippen molar-refractivity contribution < 1.29 is 4.92 Å². The molecule has 1 fully saturated rings.